The van der Waals surface area contributed by atoms with E-state index in [1.807, 2.05) is 60.5 Å². The molecular weight excluding hydrogens is 324 g/mol. The quantitative estimate of drug-likeness (QED) is 0.798. The van der Waals surface area contributed by atoms with Crippen LogP contribution in [-0.2, 0) is 29.2 Å². The summed E-state index contributed by atoms with van der Waals surface area (Å²) in [6.07, 6.45) is 0. The van der Waals surface area contributed by atoms with Gasteiger partial charge >= 0.3 is 0 Å². The number of carbonyl (C=O) groups is 1. The zero-order valence-electron chi connectivity index (χ0n) is 14.1. The minimum Gasteiger partial charge on any atom is -0.380 e. The SMILES string of the molecule is COCc1ccc(CNC(=O)CN(C)Cc2cccc(Cl)c2)cc1. The van der Waals surface area contributed by atoms with Crippen LogP contribution >= 0.6 is 11.6 Å². The molecule has 5 heteroatoms. The summed E-state index contributed by atoms with van der Waals surface area (Å²) in [5, 5.41) is 3.65. The van der Waals surface area contributed by atoms with E-state index in [9.17, 15) is 4.79 Å². The number of nitrogens with zero attached hydrogens (tertiary/aromatic N) is 1. The van der Waals surface area contributed by atoms with E-state index in [1.54, 1.807) is 7.11 Å². The summed E-state index contributed by atoms with van der Waals surface area (Å²) in [5.74, 6) is 0.000459. The van der Waals surface area contributed by atoms with E-state index in [0.717, 1.165) is 16.7 Å². The van der Waals surface area contributed by atoms with E-state index in [2.05, 4.69) is 5.32 Å². The highest BCUT2D eigenvalue weighted by Crippen LogP contribution is 2.12. The van der Waals surface area contributed by atoms with Gasteiger partial charge in [0.25, 0.3) is 0 Å². The number of carbonyl (C=O) groups excluding carboxylic acids is 1. The monoisotopic (exact) mass is 346 g/mol. The summed E-state index contributed by atoms with van der Waals surface area (Å²) in [4.78, 5) is 14.0. The van der Waals surface area contributed by atoms with Crippen LogP contribution in [0.25, 0.3) is 0 Å². The Morgan fingerprint density at radius 1 is 1.12 bits per heavy atom. The number of nitrogens with one attached hydrogen (secondary N) is 1. The molecule has 2 rings (SSSR count). The molecule has 1 amide bonds. The molecule has 128 valence electrons. The summed E-state index contributed by atoms with van der Waals surface area (Å²) < 4.78 is 5.08. The highest BCUT2D eigenvalue weighted by Gasteiger charge is 2.07. The van der Waals surface area contributed by atoms with Gasteiger partial charge in [0.2, 0.25) is 5.91 Å². The number of halogens is 1. The van der Waals surface area contributed by atoms with Crippen molar-refractivity contribution in [2.24, 2.45) is 0 Å². The van der Waals surface area contributed by atoms with Gasteiger partial charge in [0, 0.05) is 25.2 Å². The maximum Gasteiger partial charge on any atom is 0.234 e. The standard InChI is InChI=1S/C19H23ClN2O2/c1-22(12-17-4-3-5-18(20)10-17)13-19(23)21-11-15-6-8-16(9-7-15)14-24-2/h3-10H,11-14H2,1-2H3,(H,21,23). The molecule has 0 saturated heterocycles. The summed E-state index contributed by atoms with van der Waals surface area (Å²) >= 11 is 5.98. The van der Waals surface area contributed by atoms with Crippen molar-refractivity contribution in [2.45, 2.75) is 19.7 Å². The fraction of sp³-hybridized carbons (Fsp3) is 0.316. The van der Waals surface area contributed by atoms with Crippen LogP contribution < -0.4 is 5.32 Å². The number of hydrogen-bond donors (Lipinski definition) is 1. The van der Waals surface area contributed by atoms with Crippen LogP contribution in [0.4, 0.5) is 0 Å². The van der Waals surface area contributed by atoms with Gasteiger partial charge in [-0.05, 0) is 35.9 Å². The topological polar surface area (TPSA) is 41.6 Å². The number of ether oxygens (including phenoxy) is 1. The molecule has 0 aromatic heterocycles. The highest BCUT2D eigenvalue weighted by molar-refractivity contribution is 6.30. The second-order valence-corrected chi connectivity index (χ2v) is 6.26. The van der Waals surface area contributed by atoms with Gasteiger partial charge in [-0.1, -0.05) is 48.0 Å². The molecule has 2 aromatic rings. The second-order valence-electron chi connectivity index (χ2n) is 5.83. The van der Waals surface area contributed by atoms with Crippen molar-refractivity contribution < 1.29 is 9.53 Å². The first-order valence-electron chi connectivity index (χ1n) is 7.83. The third-order valence-electron chi connectivity index (χ3n) is 3.58. The molecule has 0 bridgehead atoms. The number of benzene rings is 2. The van der Waals surface area contributed by atoms with Crippen molar-refractivity contribution in [3.8, 4) is 0 Å². The predicted molar refractivity (Wildman–Crippen MR) is 96.8 cm³/mol. The van der Waals surface area contributed by atoms with Gasteiger partial charge in [0.15, 0.2) is 0 Å². The van der Waals surface area contributed by atoms with Crippen molar-refractivity contribution in [2.75, 3.05) is 20.7 Å². The molecular formula is C19H23ClN2O2. The normalized spacial score (nSPS) is 10.8. The van der Waals surface area contributed by atoms with Crippen LogP contribution in [-0.4, -0.2) is 31.5 Å². The van der Waals surface area contributed by atoms with Gasteiger partial charge in [-0.25, -0.2) is 0 Å². The van der Waals surface area contributed by atoms with E-state index < -0.39 is 0 Å². The van der Waals surface area contributed by atoms with Crippen LogP contribution in [0.2, 0.25) is 5.02 Å². The van der Waals surface area contributed by atoms with Gasteiger partial charge in [0.05, 0.1) is 13.2 Å². The van der Waals surface area contributed by atoms with Gasteiger partial charge in [0.1, 0.15) is 0 Å². The lowest BCUT2D eigenvalue weighted by Gasteiger charge is -2.16. The summed E-state index contributed by atoms with van der Waals surface area (Å²) in [6.45, 7) is 2.14. The zero-order chi connectivity index (χ0) is 17.4. The molecule has 0 aliphatic heterocycles. The third-order valence-corrected chi connectivity index (χ3v) is 3.81. The second kappa shape index (κ2) is 9.42. The molecule has 0 aliphatic carbocycles. The Kier molecular flexibility index (Phi) is 7.25. The van der Waals surface area contributed by atoms with Crippen LogP contribution in [0, 0.1) is 0 Å². The zero-order valence-corrected chi connectivity index (χ0v) is 14.8. The van der Waals surface area contributed by atoms with Gasteiger partial charge < -0.3 is 10.1 Å². The van der Waals surface area contributed by atoms with Gasteiger partial charge in [-0.2, -0.15) is 0 Å². The predicted octanol–water partition coefficient (Wildman–Crippen LogP) is 3.23. The Labute approximate surface area is 148 Å². The first kappa shape index (κ1) is 18.5. The molecule has 0 saturated carbocycles. The Morgan fingerprint density at radius 2 is 1.83 bits per heavy atom. The van der Waals surface area contributed by atoms with Crippen LogP contribution in [0.1, 0.15) is 16.7 Å². The molecule has 0 aliphatic rings. The third kappa shape index (κ3) is 6.32. The molecule has 0 atom stereocenters. The first-order chi connectivity index (χ1) is 11.6. The lowest BCUT2D eigenvalue weighted by Crippen LogP contribution is -2.34. The molecule has 0 spiro atoms. The first-order valence-corrected chi connectivity index (χ1v) is 8.21. The van der Waals surface area contributed by atoms with Crippen LogP contribution in [0.15, 0.2) is 48.5 Å². The van der Waals surface area contributed by atoms with Crippen molar-refractivity contribution in [1.29, 1.82) is 0 Å². The van der Waals surface area contributed by atoms with E-state index in [-0.39, 0.29) is 5.91 Å². The number of methoxy groups -OCH3 is 1. The lowest BCUT2D eigenvalue weighted by atomic mass is 10.1. The summed E-state index contributed by atoms with van der Waals surface area (Å²) in [5.41, 5.74) is 3.28. The maximum atomic E-state index is 12.1. The molecule has 0 unspecified atom stereocenters. The fourth-order valence-electron chi connectivity index (χ4n) is 2.42. The van der Waals surface area contributed by atoms with E-state index in [0.29, 0.717) is 31.3 Å². The van der Waals surface area contributed by atoms with Crippen molar-refractivity contribution >= 4 is 17.5 Å². The lowest BCUT2D eigenvalue weighted by molar-refractivity contribution is -0.122. The van der Waals surface area contributed by atoms with Gasteiger partial charge in [-0.3, -0.25) is 9.69 Å². The fourth-order valence-corrected chi connectivity index (χ4v) is 2.64. The van der Waals surface area contributed by atoms with E-state index in [4.69, 9.17) is 16.3 Å². The van der Waals surface area contributed by atoms with Crippen LogP contribution in [0.3, 0.4) is 0 Å². The molecule has 0 radical (unpaired) electrons. The summed E-state index contributed by atoms with van der Waals surface area (Å²) in [6, 6.07) is 15.7. The highest BCUT2D eigenvalue weighted by atomic mass is 35.5. The average Bonchev–Trinajstić information content (AvgIpc) is 2.54. The van der Waals surface area contributed by atoms with E-state index >= 15 is 0 Å². The molecule has 0 heterocycles. The minimum atomic E-state index is 0.000459. The minimum absolute atomic E-state index is 0.000459. The van der Waals surface area contributed by atoms with Gasteiger partial charge in [-0.15, -0.1) is 0 Å². The Morgan fingerprint density at radius 3 is 2.50 bits per heavy atom. The van der Waals surface area contributed by atoms with E-state index in [1.165, 1.54) is 0 Å². The van der Waals surface area contributed by atoms with Crippen molar-refractivity contribution in [3.05, 3.63) is 70.2 Å². The Bertz CT molecular complexity index is 659. The maximum absolute atomic E-state index is 12.1. The Hall–Kier alpha value is -1.88. The Balaban J connectivity index is 1.76. The van der Waals surface area contributed by atoms with Crippen molar-refractivity contribution in [1.82, 2.24) is 10.2 Å². The van der Waals surface area contributed by atoms with Crippen LogP contribution in [0.5, 0.6) is 0 Å². The number of likely N-dealkylation sites (N-methyl/N-ethyl adjacent to an activating group) is 1. The largest absolute Gasteiger partial charge is 0.380 e. The number of amides is 1. The smallest absolute Gasteiger partial charge is 0.234 e. The van der Waals surface area contributed by atoms with Crippen molar-refractivity contribution in [3.63, 3.8) is 0 Å². The molecule has 24 heavy (non-hydrogen) atoms. The number of rotatable bonds is 8. The average molecular weight is 347 g/mol. The molecule has 0 fully saturated rings. The number of hydrogen-bond acceptors (Lipinski definition) is 3. The molecule has 1 N–H and O–H groups in total. The summed E-state index contributed by atoms with van der Waals surface area (Å²) in [7, 11) is 3.59. The molecule has 2 aromatic carbocycles. The molecule has 4 nitrogen and oxygen atoms in total.